The summed E-state index contributed by atoms with van der Waals surface area (Å²) in [6.07, 6.45) is 0. The number of hydrogen-bond donors (Lipinski definition) is 0. The number of carbonyl (C=O) groups excluding carboxylic acids is 1. The third-order valence-corrected chi connectivity index (χ3v) is 3.25. The summed E-state index contributed by atoms with van der Waals surface area (Å²) in [5.41, 5.74) is -0.612. The van der Waals surface area contributed by atoms with Crippen LogP contribution < -0.4 is 10.2 Å². The Morgan fingerprint density at radius 2 is 1.90 bits per heavy atom. The minimum Gasteiger partial charge on any atom is -0.870 e. The summed E-state index contributed by atoms with van der Waals surface area (Å²) in [5, 5.41) is 26.7. The molecule has 0 fully saturated rings. The lowest BCUT2D eigenvalue weighted by molar-refractivity contribution is -0.264. The second-order valence-corrected chi connectivity index (χ2v) is 4.34. The summed E-state index contributed by atoms with van der Waals surface area (Å²) in [5.74, 6) is -2.06. The molecule has 0 N–H and O–H groups in total. The molecular formula is C14H7NO5-2. The monoisotopic (exact) mass is 269 g/mol. The van der Waals surface area contributed by atoms with Gasteiger partial charge in [-0.15, -0.1) is 4.91 Å². The van der Waals surface area contributed by atoms with Crippen molar-refractivity contribution in [3.63, 3.8) is 0 Å². The fourth-order valence-corrected chi connectivity index (χ4v) is 2.41. The van der Waals surface area contributed by atoms with Crippen LogP contribution >= 0.6 is 0 Å². The summed E-state index contributed by atoms with van der Waals surface area (Å²) in [4.78, 5) is 22.2. The van der Waals surface area contributed by atoms with E-state index in [1.54, 1.807) is 18.2 Å². The van der Waals surface area contributed by atoms with Crippen molar-refractivity contribution in [3.8, 4) is 5.75 Å². The van der Waals surface area contributed by atoms with Crippen molar-refractivity contribution in [2.45, 2.75) is 6.92 Å². The van der Waals surface area contributed by atoms with Gasteiger partial charge in [0.05, 0.1) is 11.4 Å². The first-order chi connectivity index (χ1) is 9.56. The molecule has 0 aliphatic carbocycles. The van der Waals surface area contributed by atoms with E-state index in [9.17, 15) is 19.9 Å². The van der Waals surface area contributed by atoms with E-state index in [0.29, 0.717) is 5.39 Å². The van der Waals surface area contributed by atoms with Crippen molar-refractivity contribution in [2.75, 3.05) is 0 Å². The van der Waals surface area contributed by atoms with Crippen LogP contribution in [0.2, 0.25) is 0 Å². The average molecular weight is 269 g/mol. The Bertz CT molecular complexity index is 878. The van der Waals surface area contributed by atoms with Crippen LogP contribution in [0.15, 0.2) is 33.9 Å². The van der Waals surface area contributed by atoms with Gasteiger partial charge in [-0.1, -0.05) is 30.0 Å². The number of nitroso groups, excluding NO2 is 1. The second-order valence-electron chi connectivity index (χ2n) is 4.34. The lowest BCUT2D eigenvalue weighted by atomic mass is 10.0. The van der Waals surface area contributed by atoms with Gasteiger partial charge in [-0.3, -0.25) is 0 Å². The van der Waals surface area contributed by atoms with E-state index in [4.69, 9.17) is 4.42 Å². The van der Waals surface area contributed by atoms with E-state index in [1.807, 2.05) is 0 Å². The molecular weight excluding hydrogens is 262 g/mol. The Morgan fingerprint density at radius 3 is 2.50 bits per heavy atom. The molecule has 2 aromatic carbocycles. The highest BCUT2D eigenvalue weighted by molar-refractivity contribution is 6.19. The lowest BCUT2D eigenvalue weighted by Crippen LogP contribution is -2.22. The number of carboxylic acids is 1. The van der Waals surface area contributed by atoms with Crippen LogP contribution in [0.3, 0.4) is 0 Å². The van der Waals surface area contributed by atoms with Crippen molar-refractivity contribution in [1.29, 1.82) is 0 Å². The molecule has 0 unspecified atom stereocenters. The fraction of sp³-hybridized carbons (Fsp3) is 0.0714. The molecule has 0 saturated carbocycles. The normalized spacial score (nSPS) is 11.1. The molecule has 6 nitrogen and oxygen atoms in total. The Balaban J connectivity index is 2.69. The van der Waals surface area contributed by atoms with Crippen LogP contribution in [-0.4, -0.2) is 5.97 Å². The molecule has 6 heteroatoms. The number of aryl methyl sites for hydroxylation is 1. The van der Waals surface area contributed by atoms with Crippen LogP contribution in [0, 0.1) is 11.8 Å². The van der Waals surface area contributed by atoms with E-state index in [0.717, 1.165) is 0 Å². The van der Waals surface area contributed by atoms with Crippen molar-refractivity contribution >= 4 is 33.4 Å². The zero-order valence-corrected chi connectivity index (χ0v) is 10.3. The Labute approximate surface area is 112 Å². The number of rotatable bonds is 2. The zero-order chi connectivity index (χ0) is 14.4. The van der Waals surface area contributed by atoms with Gasteiger partial charge in [0, 0.05) is 10.9 Å². The Hall–Kier alpha value is -2.89. The van der Waals surface area contributed by atoms with E-state index in [-0.39, 0.29) is 27.7 Å². The maximum absolute atomic E-state index is 12.2. The number of nitrogens with zero attached hydrogens (tertiary/aromatic N) is 1. The molecule has 0 saturated heterocycles. The van der Waals surface area contributed by atoms with Gasteiger partial charge < -0.3 is 19.4 Å². The first kappa shape index (κ1) is 12.2. The minimum absolute atomic E-state index is 0.0700. The summed E-state index contributed by atoms with van der Waals surface area (Å²) >= 11 is 0. The largest absolute Gasteiger partial charge is 0.870 e. The van der Waals surface area contributed by atoms with Crippen molar-refractivity contribution in [1.82, 2.24) is 0 Å². The van der Waals surface area contributed by atoms with Gasteiger partial charge in [-0.2, -0.15) is 0 Å². The van der Waals surface area contributed by atoms with E-state index in [2.05, 4.69) is 5.18 Å². The maximum atomic E-state index is 12.2. The predicted octanol–water partition coefficient (Wildman–Crippen LogP) is 1.73. The number of aromatic carboxylic acids is 1. The summed E-state index contributed by atoms with van der Waals surface area (Å²) < 4.78 is 5.41. The smallest absolute Gasteiger partial charge is 0.145 e. The molecule has 0 atom stereocenters. The number of carboxylic acid groups (broad SMARTS) is 1. The van der Waals surface area contributed by atoms with Gasteiger partial charge in [-0.25, -0.2) is 0 Å². The van der Waals surface area contributed by atoms with E-state index >= 15 is 0 Å². The molecule has 100 valence electrons. The van der Waals surface area contributed by atoms with Crippen molar-refractivity contribution in [2.24, 2.45) is 5.18 Å². The molecule has 20 heavy (non-hydrogen) atoms. The standard InChI is InChI=1S/C14H9NO5/c1-6-9(14(17)18)10-11(15-19)12(16)7-4-2-3-5-8(7)13(10)20-6/h2-5,16H,1H3,(H,17,18)/p-2. The minimum atomic E-state index is -1.51. The molecule has 0 aliphatic heterocycles. The molecule has 1 aromatic heterocycles. The molecule has 0 radical (unpaired) electrons. The van der Waals surface area contributed by atoms with Crippen LogP contribution in [0.5, 0.6) is 5.75 Å². The van der Waals surface area contributed by atoms with Gasteiger partial charge >= 0.3 is 0 Å². The van der Waals surface area contributed by atoms with E-state index in [1.165, 1.54) is 13.0 Å². The topological polar surface area (TPSA) is 106 Å². The summed E-state index contributed by atoms with van der Waals surface area (Å²) in [6, 6.07) is 6.48. The lowest BCUT2D eigenvalue weighted by Gasteiger charge is -2.14. The molecule has 3 aromatic rings. The summed E-state index contributed by atoms with van der Waals surface area (Å²) in [6.45, 7) is 1.43. The van der Waals surface area contributed by atoms with Crippen LogP contribution in [0.1, 0.15) is 16.1 Å². The van der Waals surface area contributed by atoms with Gasteiger partial charge in [0.25, 0.3) is 0 Å². The van der Waals surface area contributed by atoms with Gasteiger partial charge in [0.1, 0.15) is 17.0 Å². The molecule has 3 rings (SSSR count). The molecule has 0 bridgehead atoms. The highest BCUT2D eigenvalue weighted by atomic mass is 16.4. The number of benzene rings is 2. The number of carbonyl (C=O) groups is 1. The van der Waals surface area contributed by atoms with Crippen molar-refractivity contribution in [3.05, 3.63) is 40.5 Å². The Morgan fingerprint density at radius 1 is 1.25 bits per heavy atom. The SMILES string of the molecule is Cc1oc2c(c(N=O)c([O-])c3ccccc32)c1C(=O)[O-]. The molecule has 0 amide bonds. The highest BCUT2D eigenvalue weighted by Gasteiger charge is 2.20. The third-order valence-electron chi connectivity index (χ3n) is 3.25. The highest BCUT2D eigenvalue weighted by Crippen LogP contribution is 2.44. The fourth-order valence-electron chi connectivity index (χ4n) is 2.41. The average Bonchev–Trinajstić information content (AvgIpc) is 2.77. The summed E-state index contributed by atoms with van der Waals surface area (Å²) in [7, 11) is 0. The zero-order valence-electron chi connectivity index (χ0n) is 10.3. The number of hydrogen-bond acceptors (Lipinski definition) is 6. The molecule has 0 spiro atoms. The van der Waals surface area contributed by atoms with Gasteiger partial charge in [-0.05, 0) is 17.5 Å². The number of furan rings is 1. The second kappa shape index (κ2) is 4.06. The first-order valence-electron chi connectivity index (χ1n) is 5.75. The maximum Gasteiger partial charge on any atom is 0.145 e. The van der Waals surface area contributed by atoms with Gasteiger partial charge in [0.2, 0.25) is 0 Å². The predicted molar refractivity (Wildman–Crippen MR) is 67.7 cm³/mol. The number of fused-ring (bicyclic) bond motifs is 3. The third kappa shape index (κ3) is 1.41. The van der Waals surface area contributed by atoms with Crippen LogP contribution in [0.25, 0.3) is 21.7 Å². The van der Waals surface area contributed by atoms with E-state index < -0.39 is 17.4 Å². The van der Waals surface area contributed by atoms with Gasteiger partial charge in [0.15, 0.2) is 0 Å². The molecule has 0 aliphatic rings. The van der Waals surface area contributed by atoms with Crippen LogP contribution in [0.4, 0.5) is 5.69 Å². The molecule has 1 heterocycles. The van der Waals surface area contributed by atoms with Crippen LogP contribution in [-0.2, 0) is 0 Å². The Kier molecular flexibility index (Phi) is 2.47. The quantitative estimate of drug-likeness (QED) is 0.658. The first-order valence-corrected chi connectivity index (χ1v) is 5.75. The van der Waals surface area contributed by atoms with Crippen molar-refractivity contribution < 1.29 is 19.4 Å².